The summed E-state index contributed by atoms with van der Waals surface area (Å²) in [6, 6.07) is 16.2. The fourth-order valence-electron chi connectivity index (χ4n) is 2.25. The zero-order chi connectivity index (χ0) is 14.9. The molecule has 0 fully saturated rings. The van der Waals surface area contributed by atoms with Crippen LogP contribution in [0.2, 0.25) is 0 Å². The van der Waals surface area contributed by atoms with E-state index in [9.17, 15) is 4.79 Å². The minimum atomic E-state index is 0.690. The molecule has 110 valence electrons. The average Bonchev–Trinajstić information content (AvgIpc) is 2.53. The number of nitrogens with one attached hydrogen (secondary N) is 1. The van der Waals surface area contributed by atoms with Gasteiger partial charge in [0.15, 0.2) is 0 Å². The van der Waals surface area contributed by atoms with Gasteiger partial charge in [-0.05, 0) is 59.0 Å². The van der Waals surface area contributed by atoms with Crippen molar-refractivity contribution in [2.24, 2.45) is 0 Å². The SMILES string of the molecule is O=Cc1ccc(NCCCCCc2ccccc2)c(Br)c1. The number of hydrogen-bond acceptors (Lipinski definition) is 2. The van der Waals surface area contributed by atoms with Crippen LogP contribution in [0.1, 0.15) is 35.2 Å². The third-order valence-corrected chi connectivity index (χ3v) is 4.09. The molecule has 0 aliphatic heterocycles. The lowest BCUT2D eigenvalue weighted by Crippen LogP contribution is -2.02. The molecule has 21 heavy (non-hydrogen) atoms. The van der Waals surface area contributed by atoms with E-state index in [2.05, 4.69) is 51.6 Å². The number of benzene rings is 2. The van der Waals surface area contributed by atoms with Gasteiger partial charge < -0.3 is 5.32 Å². The molecule has 2 nitrogen and oxygen atoms in total. The summed E-state index contributed by atoms with van der Waals surface area (Å²) in [6.45, 7) is 0.952. The van der Waals surface area contributed by atoms with Crippen LogP contribution in [0.4, 0.5) is 5.69 Å². The molecular weight excluding hydrogens is 326 g/mol. The summed E-state index contributed by atoms with van der Waals surface area (Å²) in [5.74, 6) is 0. The zero-order valence-corrected chi connectivity index (χ0v) is 13.6. The van der Waals surface area contributed by atoms with Crippen LogP contribution >= 0.6 is 15.9 Å². The van der Waals surface area contributed by atoms with E-state index in [0.29, 0.717) is 5.56 Å². The first kappa shape index (κ1) is 15.8. The van der Waals surface area contributed by atoms with E-state index in [-0.39, 0.29) is 0 Å². The Bertz CT molecular complexity index is 569. The van der Waals surface area contributed by atoms with Gasteiger partial charge >= 0.3 is 0 Å². The Labute approximate surface area is 134 Å². The first-order valence-electron chi connectivity index (χ1n) is 7.32. The lowest BCUT2D eigenvalue weighted by Gasteiger charge is -2.09. The molecule has 0 saturated heterocycles. The predicted molar refractivity (Wildman–Crippen MR) is 92.0 cm³/mol. The van der Waals surface area contributed by atoms with Gasteiger partial charge in [0.25, 0.3) is 0 Å². The number of anilines is 1. The van der Waals surface area contributed by atoms with Crippen LogP contribution in [0.3, 0.4) is 0 Å². The molecule has 0 aliphatic rings. The van der Waals surface area contributed by atoms with Gasteiger partial charge in [0.1, 0.15) is 6.29 Å². The molecule has 0 aliphatic carbocycles. The van der Waals surface area contributed by atoms with E-state index in [1.165, 1.54) is 18.4 Å². The van der Waals surface area contributed by atoms with Crippen molar-refractivity contribution in [3.05, 3.63) is 64.1 Å². The monoisotopic (exact) mass is 345 g/mol. The average molecular weight is 346 g/mol. The molecular formula is C18H20BrNO. The van der Waals surface area contributed by atoms with Crippen molar-refractivity contribution in [1.82, 2.24) is 0 Å². The highest BCUT2D eigenvalue weighted by molar-refractivity contribution is 9.10. The van der Waals surface area contributed by atoms with Crippen LogP contribution in [-0.2, 0) is 6.42 Å². The number of carbonyl (C=O) groups is 1. The van der Waals surface area contributed by atoms with Crippen LogP contribution in [0, 0.1) is 0 Å². The minimum absolute atomic E-state index is 0.690. The summed E-state index contributed by atoms with van der Waals surface area (Å²) in [5.41, 5.74) is 3.15. The van der Waals surface area contributed by atoms with Crippen LogP contribution in [0.5, 0.6) is 0 Å². The summed E-state index contributed by atoms with van der Waals surface area (Å²) < 4.78 is 0.941. The van der Waals surface area contributed by atoms with Crippen molar-refractivity contribution in [2.75, 3.05) is 11.9 Å². The van der Waals surface area contributed by atoms with Crippen LogP contribution in [0.15, 0.2) is 53.0 Å². The molecule has 0 unspecified atom stereocenters. The van der Waals surface area contributed by atoms with Crippen molar-refractivity contribution in [2.45, 2.75) is 25.7 Å². The lowest BCUT2D eigenvalue weighted by atomic mass is 10.1. The maximum Gasteiger partial charge on any atom is 0.150 e. The zero-order valence-electron chi connectivity index (χ0n) is 12.0. The molecule has 0 saturated carbocycles. The van der Waals surface area contributed by atoms with Crippen molar-refractivity contribution in [1.29, 1.82) is 0 Å². The van der Waals surface area contributed by atoms with Crippen molar-refractivity contribution in [3.8, 4) is 0 Å². The van der Waals surface area contributed by atoms with Gasteiger partial charge in [-0.2, -0.15) is 0 Å². The first-order valence-corrected chi connectivity index (χ1v) is 8.11. The molecule has 3 heteroatoms. The minimum Gasteiger partial charge on any atom is -0.384 e. The van der Waals surface area contributed by atoms with Crippen molar-refractivity contribution in [3.63, 3.8) is 0 Å². The van der Waals surface area contributed by atoms with Crippen molar-refractivity contribution < 1.29 is 4.79 Å². The summed E-state index contributed by atoms with van der Waals surface area (Å²) in [6.07, 6.45) is 5.59. The Hall–Kier alpha value is -1.61. The molecule has 1 N–H and O–H groups in total. The Morgan fingerprint density at radius 2 is 1.81 bits per heavy atom. The Morgan fingerprint density at radius 3 is 2.52 bits per heavy atom. The van der Waals surface area contributed by atoms with Gasteiger partial charge in [0, 0.05) is 22.3 Å². The fraction of sp³-hybridized carbons (Fsp3) is 0.278. The molecule has 2 rings (SSSR count). The first-order chi connectivity index (χ1) is 10.3. The van der Waals surface area contributed by atoms with Gasteiger partial charge in [0.2, 0.25) is 0 Å². The van der Waals surface area contributed by atoms with Crippen LogP contribution in [0.25, 0.3) is 0 Å². The highest BCUT2D eigenvalue weighted by Crippen LogP contribution is 2.23. The van der Waals surface area contributed by atoms with E-state index in [1.807, 2.05) is 18.2 Å². The molecule has 2 aromatic rings. The molecule has 0 amide bonds. The Balaban J connectivity index is 1.65. The fourth-order valence-corrected chi connectivity index (χ4v) is 2.78. The van der Waals surface area contributed by atoms with Gasteiger partial charge in [0.05, 0.1) is 0 Å². The highest BCUT2D eigenvalue weighted by Gasteiger charge is 2.00. The summed E-state index contributed by atoms with van der Waals surface area (Å²) in [7, 11) is 0. The van der Waals surface area contributed by atoms with E-state index < -0.39 is 0 Å². The third kappa shape index (κ3) is 5.35. The highest BCUT2D eigenvalue weighted by atomic mass is 79.9. The van der Waals surface area contributed by atoms with E-state index in [4.69, 9.17) is 0 Å². The van der Waals surface area contributed by atoms with Gasteiger partial charge in [-0.3, -0.25) is 4.79 Å². The van der Waals surface area contributed by atoms with Gasteiger partial charge in [-0.1, -0.05) is 36.8 Å². The number of hydrogen-bond donors (Lipinski definition) is 1. The molecule has 2 aromatic carbocycles. The third-order valence-electron chi connectivity index (χ3n) is 3.43. The standard InChI is InChI=1S/C18H20BrNO/c19-17-13-16(14-21)10-11-18(17)20-12-6-2-5-9-15-7-3-1-4-8-15/h1,3-4,7-8,10-11,13-14,20H,2,5-6,9,12H2. The predicted octanol–water partition coefficient (Wildman–Crippen LogP) is 5.09. The lowest BCUT2D eigenvalue weighted by molar-refractivity contribution is 0.112. The van der Waals surface area contributed by atoms with Gasteiger partial charge in [-0.15, -0.1) is 0 Å². The van der Waals surface area contributed by atoms with Crippen LogP contribution in [-0.4, -0.2) is 12.8 Å². The largest absolute Gasteiger partial charge is 0.384 e. The number of halogens is 1. The quantitative estimate of drug-likeness (QED) is 0.533. The molecule has 0 heterocycles. The summed E-state index contributed by atoms with van der Waals surface area (Å²) >= 11 is 3.48. The Morgan fingerprint density at radius 1 is 1.00 bits per heavy atom. The summed E-state index contributed by atoms with van der Waals surface area (Å²) in [5, 5.41) is 3.40. The number of unbranched alkanes of at least 4 members (excludes halogenated alkanes) is 2. The second-order valence-corrected chi connectivity index (χ2v) is 5.93. The second-order valence-electron chi connectivity index (χ2n) is 5.08. The van der Waals surface area contributed by atoms with E-state index in [0.717, 1.165) is 35.8 Å². The van der Waals surface area contributed by atoms with Gasteiger partial charge in [-0.25, -0.2) is 0 Å². The summed E-state index contributed by atoms with van der Waals surface area (Å²) in [4.78, 5) is 10.7. The normalized spacial score (nSPS) is 10.3. The molecule has 0 atom stereocenters. The topological polar surface area (TPSA) is 29.1 Å². The Kier molecular flexibility index (Phi) is 6.48. The van der Waals surface area contributed by atoms with Crippen molar-refractivity contribution >= 4 is 27.9 Å². The number of aryl methyl sites for hydroxylation is 1. The number of aldehydes is 1. The maximum absolute atomic E-state index is 10.7. The van der Waals surface area contributed by atoms with Crippen LogP contribution < -0.4 is 5.32 Å². The van der Waals surface area contributed by atoms with E-state index >= 15 is 0 Å². The molecule has 0 spiro atoms. The van der Waals surface area contributed by atoms with E-state index in [1.54, 1.807) is 0 Å². The number of carbonyl (C=O) groups excluding carboxylic acids is 1. The number of rotatable bonds is 8. The molecule has 0 aromatic heterocycles. The molecule has 0 bridgehead atoms. The second kappa shape index (κ2) is 8.63. The maximum atomic E-state index is 10.7. The molecule has 0 radical (unpaired) electrons. The smallest absolute Gasteiger partial charge is 0.150 e.